The molecule has 0 unspecified atom stereocenters. The third-order valence-electron chi connectivity index (χ3n) is 4.45. The van der Waals surface area contributed by atoms with Gasteiger partial charge in [-0.25, -0.2) is 0 Å². The Morgan fingerprint density at radius 2 is 1.69 bits per heavy atom. The summed E-state index contributed by atoms with van der Waals surface area (Å²) in [6.07, 6.45) is 1.71. The molecule has 0 aliphatic carbocycles. The summed E-state index contributed by atoms with van der Waals surface area (Å²) >= 11 is 0. The molecule has 7 heteroatoms. The van der Waals surface area contributed by atoms with Crippen LogP contribution >= 0.6 is 0 Å². The molecule has 134 valence electrons. The number of aromatic nitrogens is 2. The van der Waals surface area contributed by atoms with Gasteiger partial charge >= 0.3 is 0 Å². The topological polar surface area (TPSA) is 96.0 Å². The molecule has 0 saturated heterocycles. The Balaban J connectivity index is 1.78. The molecular weight excluding hydrogens is 332 g/mol. The van der Waals surface area contributed by atoms with Gasteiger partial charge in [0.1, 0.15) is 5.69 Å². The smallest absolute Gasteiger partial charge is 0.286 e. The average molecular weight is 352 g/mol. The number of nitrogens with one attached hydrogen (secondary N) is 3. The lowest BCUT2D eigenvalue weighted by molar-refractivity contribution is 0.0844. The number of aryl methyl sites for hydroxylation is 2. The van der Waals surface area contributed by atoms with Crippen LogP contribution in [0.4, 0.5) is 0 Å². The van der Waals surface area contributed by atoms with Gasteiger partial charge in [-0.05, 0) is 32.4 Å². The maximum Gasteiger partial charge on any atom is 0.286 e. The average Bonchev–Trinajstić information content (AvgIpc) is 3.09. The maximum atomic E-state index is 12.5. The van der Waals surface area contributed by atoms with Crippen molar-refractivity contribution in [1.82, 2.24) is 20.4 Å². The van der Waals surface area contributed by atoms with Crippen molar-refractivity contribution >= 4 is 28.5 Å². The molecule has 3 N–H and O–H groups in total. The molecule has 2 amide bonds. The molecule has 0 saturated carbocycles. The monoisotopic (exact) mass is 352 g/mol. The van der Waals surface area contributed by atoms with E-state index in [2.05, 4.69) is 15.8 Å². The first-order chi connectivity index (χ1) is 12.3. The van der Waals surface area contributed by atoms with Crippen molar-refractivity contribution in [2.24, 2.45) is 7.05 Å². The Morgan fingerprint density at radius 3 is 2.35 bits per heavy atom. The van der Waals surface area contributed by atoms with Crippen LogP contribution in [0.5, 0.6) is 0 Å². The first-order valence-corrected chi connectivity index (χ1v) is 8.16. The fourth-order valence-electron chi connectivity index (χ4n) is 3.27. The highest BCUT2D eigenvalue weighted by Gasteiger charge is 2.21. The molecule has 0 radical (unpaired) electrons. The lowest BCUT2D eigenvalue weighted by atomic mass is 10.1. The molecule has 0 spiro atoms. The van der Waals surface area contributed by atoms with Crippen molar-refractivity contribution in [2.75, 3.05) is 0 Å². The van der Waals surface area contributed by atoms with Gasteiger partial charge < -0.3 is 9.55 Å². The first-order valence-electron chi connectivity index (χ1n) is 8.16. The summed E-state index contributed by atoms with van der Waals surface area (Å²) in [5, 5.41) is 0.799. The molecule has 26 heavy (non-hydrogen) atoms. The highest BCUT2D eigenvalue weighted by atomic mass is 16.2. The molecule has 7 nitrogen and oxygen atoms in total. The number of nitrogens with zero attached hydrogens (tertiary/aromatic N) is 1. The van der Waals surface area contributed by atoms with E-state index in [0.29, 0.717) is 22.4 Å². The molecule has 2 heterocycles. The molecule has 0 atom stereocenters. The number of Topliss-reactive ketones (excluding diaryl/α,β-unsaturated/α-hetero) is 1. The van der Waals surface area contributed by atoms with Crippen molar-refractivity contribution in [3.63, 3.8) is 0 Å². The van der Waals surface area contributed by atoms with E-state index in [1.807, 2.05) is 35.9 Å². The van der Waals surface area contributed by atoms with Gasteiger partial charge in [0.2, 0.25) is 0 Å². The van der Waals surface area contributed by atoms with Crippen LogP contribution in [-0.4, -0.2) is 27.1 Å². The third-order valence-corrected chi connectivity index (χ3v) is 4.45. The number of hydrogen-bond donors (Lipinski definition) is 3. The molecule has 2 aromatic heterocycles. The zero-order valence-corrected chi connectivity index (χ0v) is 15.1. The predicted octanol–water partition coefficient (Wildman–Crippen LogP) is 2.40. The van der Waals surface area contributed by atoms with Gasteiger partial charge in [-0.15, -0.1) is 0 Å². The second kappa shape index (κ2) is 6.51. The van der Waals surface area contributed by atoms with Crippen LogP contribution < -0.4 is 10.9 Å². The lowest BCUT2D eigenvalue weighted by Gasteiger charge is -2.06. The van der Waals surface area contributed by atoms with Crippen molar-refractivity contribution in [3.8, 4) is 0 Å². The lowest BCUT2D eigenvalue weighted by Crippen LogP contribution is -2.42. The molecule has 3 aromatic rings. The van der Waals surface area contributed by atoms with E-state index >= 15 is 0 Å². The minimum Gasteiger partial charge on any atom is -0.354 e. The minimum atomic E-state index is -0.508. The highest BCUT2D eigenvalue weighted by Crippen LogP contribution is 2.20. The number of para-hydroxylation sites is 1. The maximum absolute atomic E-state index is 12.5. The molecule has 0 aliphatic rings. The fraction of sp³-hybridized carbons (Fsp3) is 0.211. The fourth-order valence-corrected chi connectivity index (χ4v) is 3.27. The zero-order valence-electron chi connectivity index (χ0n) is 15.1. The van der Waals surface area contributed by atoms with E-state index in [4.69, 9.17) is 0 Å². The molecule has 1 aromatic carbocycles. The van der Waals surface area contributed by atoms with Crippen molar-refractivity contribution < 1.29 is 14.4 Å². The Morgan fingerprint density at radius 1 is 1.04 bits per heavy atom. The van der Waals surface area contributed by atoms with Crippen molar-refractivity contribution in [2.45, 2.75) is 20.8 Å². The van der Waals surface area contributed by atoms with E-state index < -0.39 is 11.8 Å². The second-order valence-electron chi connectivity index (χ2n) is 6.26. The number of carbonyl (C=O) groups is 3. The van der Waals surface area contributed by atoms with Crippen LogP contribution in [0.3, 0.4) is 0 Å². The second-order valence-corrected chi connectivity index (χ2v) is 6.26. The van der Waals surface area contributed by atoms with Gasteiger partial charge in [0, 0.05) is 35.4 Å². The van der Waals surface area contributed by atoms with Crippen LogP contribution in [0, 0.1) is 13.8 Å². The van der Waals surface area contributed by atoms with E-state index in [-0.39, 0.29) is 11.5 Å². The number of rotatable bonds is 3. The number of H-pyrrole nitrogens is 1. The number of hydrazine groups is 1. The van der Waals surface area contributed by atoms with Gasteiger partial charge in [0.15, 0.2) is 5.78 Å². The number of fused-ring (bicyclic) bond motifs is 1. The van der Waals surface area contributed by atoms with Crippen LogP contribution in [-0.2, 0) is 7.05 Å². The molecule has 0 fully saturated rings. The molecule has 0 aliphatic heterocycles. The number of ketones is 1. The molecule has 3 rings (SSSR count). The van der Waals surface area contributed by atoms with Crippen LogP contribution in [0.25, 0.3) is 10.9 Å². The zero-order chi connectivity index (χ0) is 19.0. The predicted molar refractivity (Wildman–Crippen MR) is 98.1 cm³/mol. The number of benzene rings is 1. The van der Waals surface area contributed by atoms with Gasteiger partial charge in [-0.2, -0.15) is 0 Å². The van der Waals surface area contributed by atoms with Gasteiger partial charge in [-0.1, -0.05) is 18.2 Å². The summed E-state index contributed by atoms with van der Waals surface area (Å²) in [6, 6.07) is 7.52. The summed E-state index contributed by atoms with van der Waals surface area (Å²) in [4.78, 5) is 39.4. The Kier molecular flexibility index (Phi) is 4.38. The Hall–Kier alpha value is -3.35. The largest absolute Gasteiger partial charge is 0.354 e. The summed E-state index contributed by atoms with van der Waals surface area (Å²) < 4.78 is 1.85. The van der Waals surface area contributed by atoms with E-state index in [9.17, 15) is 14.4 Å². The van der Waals surface area contributed by atoms with E-state index in [1.165, 1.54) is 6.92 Å². The summed E-state index contributed by atoms with van der Waals surface area (Å²) in [6.45, 7) is 4.88. The van der Waals surface area contributed by atoms with Gasteiger partial charge in [0.05, 0.1) is 5.56 Å². The number of amides is 2. The number of aromatic amines is 1. The Labute approximate surface area is 150 Å². The van der Waals surface area contributed by atoms with Crippen molar-refractivity contribution in [3.05, 3.63) is 58.5 Å². The normalized spacial score (nSPS) is 10.8. The van der Waals surface area contributed by atoms with Crippen molar-refractivity contribution in [1.29, 1.82) is 0 Å². The standard InChI is InChI=1S/C19H20N4O3/c1-10-16(12(3)24)11(2)20-17(10)19(26)22-21-18(25)14-9-23(4)15-8-6-5-7-13(14)15/h5-9,20H,1-4H3,(H,21,25)(H,22,26). The molecule has 0 bridgehead atoms. The van der Waals surface area contributed by atoms with E-state index in [1.54, 1.807) is 20.0 Å². The Bertz CT molecular complexity index is 1040. The third kappa shape index (κ3) is 2.88. The summed E-state index contributed by atoms with van der Waals surface area (Å²) in [5.74, 6) is -1.04. The van der Waals surface area contributed by atoms with E-state index in [0.717, 1.165) is 10.9 Å². The van der Waals surface area contributed by atoms with Crippen LogP contribution in [0.1, 0.15) is 49.4 Å². The van der Waals surface area contributed by atoms with Gasteiger partial charge in [-0.3, -0.25) is 25.2 Å². The summed E-state index contributed by atoms with van der Waals surface area (Å²) in [7, 11) is 1.85. The van der Waals surface area contributed by atoms with Crippen LogP contribution in [0.2, 0.25) is 0 Å². The first kappa shape index (κ1) is 17.5. The number of carbonyl (C=O) groups excluding carboxylic acids is 3. The van der Waals surface area contributed by atoms with Crippen LogP contribution in [0.15, 0.2) is 30.5 Å². The molecular formula is C19H20N4O3. The highest BCUT2D eigenvalue weighted by molar-refractivity contribution is 6.08. The SMILES string of the molecule is CC(=O)c1c(C)[nH]c(C(=O)NNC(=O)c2cn(C)c3ccccc23)c1C. The summed E-state index contributed by atoms with van der Waals surface area (Å²) in [5.41, 5.74) is 8.16. The quantitative estimate of drug-likeness (QED) is 0.499. The van der Waals surface area contributed by atoms with Gasteiger partial charge in [0.25, 0.3) is 11.8 Å². The number of hydrogen-bond acceptors (Lipinski definition) is 3. The minimum absolute atomic E-state index is 0.116.